The summed E-state index contributed by atoms with van der Waals surface area (Å²) >= 11 is 0. The van der Waals surface area contributed by atoms with E-state index in [1.54, 1.807) is 20.4 Å². The Balaban J connectivity index is 2.95. The van der Waals surface area contributed by atoms with Crippen molar-refractivity contribution in [2.24, 2.45) is 11.6 Å². The molecule has 0 aliphatic rings. The first-order valence-electron chi connectivity index (χ1n) is 4.22. The summed E-state index contributed by atoms with van der Waals surface area (Å²) in [5, 5.41) is 1.41. The van der Waals surface area contributed by atoms with Gasteiger partial charge in [-0.25, -0.2) is 5.84 Å². The van der Waals surface area contributed by atoms with Crippen molar-refractivity contribution < 1.29 is 4.74 Å². The maximum atomic E-state index is 5.80. The van der Waals surface area contributed by atoms with Gasteiger partial charge in [0.2, 0.25) is 0 Å². The zero-order valence-corrected chi connectivity index (χ0v) is 8.40. The molecular weight excluding hydrogens is 178 g/mol. The summed E-state index contributed by atoms with van der Waals surface area (Å²) in [7, 11) is 3.33. The van der Waals surface area contributed by atoms with Crippen LogP contribution in [0.25, 0.3) is 5.70 Å². The van der Waals surface area contributed by atoms with Crippen LogP contribution in [0, 0.1) is 0 Å². The van der Waals surface area contributed by atoms with Gasteiger partial charge in [0.15, 0.2) is 0 Å². The number of hydrazine groups is 1. The van der Waals surface area contributed by atoms with Gasteiger partial charge in [-0.05, 0) is 12.1 Å². The maximum Gasteiger partial charge on any atom is 0.119 e. The minimum absolute atomic E-state index is 0.605. The first-order valence-corrected chi connectivity index (χ1v) is 4.22. The van der Waals surface area contributed by atoms with Crippen molar-refractivity contribution in [3.63, 3.8) is 0 Å². The third-order valence-corrected chi connectivity index (χ3v) is 1.75. The Morgan fingerprint density at radius 2 is 2.21 bits per heavy atom. The second-order valence-electron chi connectivity index (χ2n) is 2.98. The number of hydrogen-bond acceptors (Lipinski definition) is 4. The van der Waals surface area contributed by atoms with Crippen LogP contribution in [0.3, 0.4) is 0 Å². The lowest BCUT2D eigenvalue weighted by atomic mass is 10.1. The highest BCUT2D eigenvalue weighted by Crippen LogP contribution is 2.16. The van der Waals surface area contributed by atoms with Crippen molar-refractivity contribution in [1.29, 1.82) is 0 Å². The molecule has 0 bridgehead atoms. The molecule has 0 radical (unpaired) electrons. The zero-order chi connectivity index (χ0) is 10.6. The van der Waals surface area contributed by atoms with Crippen LogP contribution >= 0.6 is 0 Å². The first kappa shape index (κ1) is 10.4. The molecule has 0 saturated carbocycles. The van der Waals surface area contributed by atoms with Crippen molar-refractivity contribution in [3.8, 4) is 5.75 Å². The number of benzene rings is 1. The van der Waals surface area contributed by atoms with Gasteiger partial charge in [0.05, 0.1) is 12.8 Å². The number of nitrogens with two attached hydrogens (primary N) is 2. The summed E-state index contributed by atoms with van der Waals surface area (Å²) in [6.07, 6.45) is 1.65. The van der Waals surface area contributed by atoms with E-state index in [2.05, 4.69) is 0 Å². The summed E-state index contributed by atoms with van der Waals surface area (Å²) < 4.78 is 5.08. The van der Waals surface area contributed by atoms with Crippen molar-refractivity contribution in [2.45, 2.75) is 0 Å². The van der Waals surface area contributed by atoms with Crippen LogP contribution in [0.5, 0.6) is 5.75 Å². The average Bonchev–Trinajstić information content (AvgIpc) is 2.17. The predicted octanol–water partition coefficient (Wildman–Crippen LogP) is 0.758. The molecule has 0 heterocycles. The molecule has 4 heteroatoms. The Bertz CT molecular complexity index is 334. The van der Waals surface area contributed by atoms with E-state index < -0.39 is 0 Å². The van der Waals surface area contributed by atoms with Gasteiger partial charge in [0.25, 0.3) is 0 Å². The van der Waals surface area contributed by atoms with Crippen LogP contribution in [-0.2, 0) is 0 Å². The molecule has 4 N–H and O–H groups in total. The standard InChI is InChI=1S/C10H15N3O/c1-13(12)7-10(11)8-4-3-5-9(6-8)14-2/h3-7H,11-12H2,1-2H3/b10-7-. The lowest BCUT2D eigenvalue weighted by Crippen LogP contribution is -2.20. The van der Waals surface area contributed by atoms with Gasteiger partial charge < -0.3 is 15.5 Å². The lowest BCUT2D eigenvalue weighted by Gasteiger charge is -2.08. The number of hydrogen-bond donors (Lipinski definition) is 2. The molecule has 1 aromatic carbocycles. The SMILES string of the molecule is COc1cccc(/C(N)=C/N(C)N)c1. The van der Waals surface area contributed by atoms with Gasteiger partial charge in [-0.1, -0.05) is 12.1 Å². The van der Waals surface area contributed by atoms with E-state index in [1.807, 2.05) is 24.3 Å². The van der Waals surface area contributed by atoms with Gasteiger partial charge in [-0.15, -0.1) is 0 Å². The van der Waals surface area contributed by atoms with E-state index in [1.165, 1.54) is 5.01 Å². The Labute approximate surface area is 83.7 Å². The summed E-state index contributed by atoms with van der Waals surface area (Å²) in [6.45, 7) is 0. The van der Waals surface area contributed by atoms with Crippen LogP contribution in [0.1, 0.15) is 5.56 Å². The van der Waals surface area contributed by atoms with Gasteiger partial charge >= 0.3 is 0 Å². The molecule has 14 heavy (non-hydrogen) atoms. The molecule has 76 valence electrons. The van der Waals surface area contributed by atoms with Crippen molar-refractivity contribution in [3.05, 3.63) is 36.0 Å². The van der Waals surface area contributed by atoms with Gasteiger partial charge in [0, 0.05) is 18.8 Å². The fourth-order valence-electron chi connectivity index (χ4n) is 1.10. The fourth-order valence-corrected chi connectivity index (χ4v) is 1.10. The third kappa shape index (κ3) is 2.67. The molecule has 0 unspecified atom stereocenters. The summed E-state index contributed by atoms with van der Waals surface area (Å²) in [5.41, 5.74) is 7.30. The van der Waals surface area contributed by atoms with Crippen molar-refractivity contribution >= 4 is 5.70 Å². The molecule has 0 fully saturated rings. The Morgan fingerprint density at radius 3 is 2.79 bits per heavy atom. The van der Waals surface area contributed by atoms with Crippen molar-refractivity contribution in [2.75, 3.05) is 14.2 Å². The minimum atomic E-state index is 0.605. The molecule has 0 amide bonds. The third-order valence-electron chi connectivity index (χ3n) is 1.75. The topological polar surface area (TPSA) is 64.5 Å². The molecule has 0 saturated heterocycles. The normalized spacial score (nSPS) is 11.2. The van der Waals surface area contributed by atoms with E-state index in [9.17, 15) is 0 Å². The van der Waals surface area contributed by atoms with Gasteiger partial charge in [0.1, 0.15) is 5.75 Å². The maximum absolute atomic E-state index is 5.80. The molecule has 1 rings (SSSR count). The molecule has 0 aliphatic heterocycles. The van der Waals surface area contributed by atoms with E-state index in [0.29, 0.717) is 5.70 Å². The summed E-state index contributed by atoms with van der Waals surface area (Å²) in [6, 6.07) is 7.50. The van der Waals surface area contributed by atoms with Gasteiger partial charge in [-0.3, -0.25) is 0 Å². The largest absolute Gasteiger partial charge is 0.497 e. The number of methoxy groups -OCH3 is 1. The molecule has 4 nitrogen and oxygen atoms in total. The first-order chi connectivity index (χ1) is 6.63. The Morgan fingerprint density at radius 1 is 1.50 bits per heavy atom. The van der Waals surface area contributed by atoms with Crippen molar-refractivity contribution in [1.82, 2.24) is 5.01 Å². The lowest BCUT2D eigenvalue weighted by molar-refractivity contribution is 0.414. The highest BCUT2D eigenvalue weighted by Gasteiger charge is 1.98. The van der Waals surface area contributed by atoms with E-state index in [4.69, 9.17) is 16.3 Å². The molecule has 0 atom stereocenters. The quantitative estimate of drug-likeness (QED) is 0.549. The van der Waals surface area contributed by atoms with Crippen LogP contribution in [-0.4, -0.2) is 19.2 Å². The average molecular weight is 193 g/mol. The van der Waals surface area contributed by atoms with Crippen LogP contribution < -0.4 is 16.3 Å². The molecule has 1 aromatic rings. The van der Waals surface area contributed by atoms with E-state index in [0.717, 1.165) is 11.3 Å². The molecular formula is C10H15N3O. The Kier molecular flexibility index (Phi) is 3.36. The van der Waals surface area contributed by atoms with Crippen LogP contribution in [0.15, 0.2) is 30.5 Å². The van der Waals surface area contributed by atoms with Gasteiger partial charge in [-0.2, -0.15) is 0 Å². The second kappa shape index (κ2) is 4.53. The van der Waals surface area contributed by atoms with E-state index >= 15 is 0 Å². The zero-order valence-electron chi connectivity index (χ0n) is 8.40. The highest BCUT2D eigenvalue weighted by atomic mass is 16.5. The molecule has 0 aliphatic carbocycles. The molecule has 0 spiro atoms. The highest BCUT2D eigenvalue weighted by molar-refractivity contribution is 5.63. The number of rotatable bonds is 3. The molecule has 0 aromatic heterocycles. The summed E-state index contributed by atoms with van der Waals surface area (Å²) in [5.74, 6) is 6.22. The number of ether oxygens (including phenoxy) is 1. The Hall–Kier alpha value is -1.68. The monoisotopic (exact) mass is 193 g/mol. The van der Waals surface area contributed by atoms with Crippen LogP contribution in [0.4, 0.5) is 0 Å². The summed E-state index contributed by atoms with van der Waals surface area (Å²) in [4.78, 5) is 0. The second-order valence-corrected chi connectivity index (χ2v) is 2.98. The minimum Gasteiger partial charge on any atom is -0.497 e. The van der Waals surface area contributed by atoms with E-state index in [-0.39, 0.29) is 0 Å². The van der Waals surface area contributed by atoms with Crippen LogP contribution in [0.2, 0.25) is 0 Å². The fraction of sp³-hybridized carbons (Fsp3) is 0.200. The number of nitrogens with zero attached hydrogens (tertiary/aromatic N) is 1. The predicted molar refractivity (Wildman–Crippen MR) is 57.1 cm³/mol. The smallest absolute Gasteiger partial charge is 0.119 e.